The minimum absolute atomic E-state index is 0. The number of halogens is 1. The third-order valence-corrected chi connectivity index (χ3v) is 13.7. The van der Waals surface area contributed by atoms with Gasteiger partial charge in [-0.3, -0.25) is 0 Å². The van der Waals surface area contributed by atoms with Crippen molar-refractivity contribution in [2.75, 3.05) is 0 Å². The average Bonchev–Trinajstić information content (AvgIpc) is 3.44. The molecule has 0 bridgehead atoms. The van der Waals surface area contributed by atoms with Gasteiger partial charge < -0.3 is 10.2 Å². The van der Waals surface area contributed by atoms with Gasteiger partial charge in [0.25, 0.3) is 0 Å². The zero-order valence-electron chi connectivity index (χ0n) is 44.5. The summed E-state index contributed by atoms with van der Waals surface area (Å²) in [4.78, 5) is 0. The lowest BCUT2D eigenvalue weighted by Gasteiger charge is -2.28. The van der Waals surface area contributed by atoms with Crippen molar-refractivity contribution in [3.05, 3.63) is 0 Å². The van der Waals surface area contributed by atoms with Gasteiger partial charge in [-0.05, 0) is 122 Å². The molecule has 1 fully saturated rings. The Morgan fingerprint density at radius 3 is 0.912 bits per heavy atom. The normalized spacial score (nSPS) is 18.9. The number of hydrogen-bond acceptors (Lipinski definition) is 2. The van der Waals surface area contributed by atoms with E-state index in [1.165, 1.54) is 32.1 Å². The first-order valence-electron chi connectivity index (χ1n) is 24.3. The van der Waals surface area contributed by atoms with Gasteiger partial charge in [-0.25, -0.2) is 4.39 Å². The van der Waals surface area contributed by atoms with Crippen molar-refractivity contribution >= 4 is 0 Å². The van der Waals surface area contributed by atoms with Gasteiger partial charge >= 0.3 is 0 Å². The first-order valence-corrected chi connectivity index (χ1v) is 24.3. The van der Waals surface area contributed by atoms with Crippen LogP contribution in [0.15, 0.2) is 0 Å². The molecule has 7 unspecified atom stereocenters. The van der Waals surface area contributed by atoms with E-state index in [-0.39, 0.29) is 25.0 Å². The third-order valence-electron chi connectivity index (χ3n) is 13.7. The van der Waals surface area contributed by atoms with Gasteiger partial charge in [0.15, 0.2) is 0 Å². The lowest BCUT2D eigenvalue weighted by molar-refractivity contribution is 0.00295. The van der Waals surface area contributed by atoms with E-state index in [1.807, 2.05) is 34.6 Å². The van der Waals surface area contributed by atoms with Gasteiger partial charge in [0.1, 0.15) is 6.17 Å². The zero-order valence-corrected chi connectivity index (χ0v) is 44.5. The van der Waals surface area contributed by atoms with Crippen molar-refractivity contribution in [3.8, 4) is 0 Å². The Labute approximate surface area is 366 Å². The molecule has 0 heterocycles. The Morgan fingerprint density at radius 2 is 0.877 bits per heavy atom. The molecule has 0 saturated heterocycles. The second-order valence-corrected chi connectivity index (χ2v) is 21.2. The summed E-state index contributed by atoms with van der Waals surface area (Å²) in [5.41, 5.74) is -0.367. The number of rotatable bonds is 14. The van der Waals surface area contributed by atoms with Crippen LogP contribution in [0.5, 0.6) is 0 Å². The molecule has 356 valence electrons. The Morgan fingerprint density at radius 1 is 0.509 bits per heavy atom. The Kier molecular flexibility index (Phi) is 51.6. The van der Waals surface area contributed by atoms with E-state index in [0.29, 0.717) is 29.6 Å². The maximum Gasteiger partial charge on any atom is 0.100 e. The van der Waals surface area contributed by atoms with Crippen LogP contribution in [0.3, 0.4) is 0 Å². The van der Waals surface area contributed by atoms with Crippen LogP contribution in [0.25, 0.3) is 0 Å². The molecule has 2 N–H and O–H groups in total. The number of hydrogen-bond donors (Lipinski definition) is 2. The number of aliphatic hydroxyl groups is 2. The van der Waals surface area contributed by atoms with Gasteiger partial charge in [-0.15, -0.1) is 0 Å². The van der Waals surface area contributed by atoms with E-state index in [9.17, 15) is 14.6 Å². The SMILES string of the molecule is C.CC(C)C(C)C.CC(C)C(C)C(C)C.CC(C)C(C)C(C)F.CC(C)C1CCCC1(C)O.CCC(C(C)C)C(C)O.CCC(C)C(C)C.CCC(CC)C(C)C. The quantitative estimate of drug-likeness (QED) is 0.183. The first kappa shape index (κ1) is 71.4. The van der Waals surface area contributed by atoms with Crippen LogP contribution in [0.2, 0.25) is 0 Å². The largest absolute Gasteiger partial charge is 0.393 e. The molecule has 0 aliphatic heterocycles. The van der Waals surface area contributed by atoms with Gasteiger partial charge in [0.05, 0.1) is 11.7 Å². The highest BCUT2D eigenvalue weighted by Crippen LogP contribution is 2.39. The van der Waals surface area contributed by atoms with Crippen molar-refractivity contribution in [1.82, 2.24) is 0 Å². The second-order valence-electron chi connectivity index (χ2n) is 21.2. The topological polar surface area (TPSA) is 40.5 Å². The standard InChI is InChI=1S/C9H18O.C8H18O.2C8H18.C7H15F.C7H16.C6H14.CH4/c1-7(2)8-5-4-6-9(8,3)10;1-5-8(6(2)3)7(4)9;1-6(2)8(5)7(3)4;1-5-8(6-2)7(3)4;1-5(2)6(3)7(4)8;1-5-7(4)6(2)3;1-5(2)6(3)4;/h7-8,10H,4-6H2,1-3H3;6-9H,5H2,1-4H3;6-8H,1-5H3;7-8H,5-6H2,1-4H3;5-7H,1-4H3;6-7H,5H2,1-4H3;5-6H,1-4H3;1H4. The van der Waals surface area contributed by atoms with Crippen LogP contribution in [0.1, 0.15) is 246 Å². The fourth-order valence-electron chi connectivity index (χ4n) is 6.60. The van der Waals surface area contributed by atoms with Gasteiger partial charge in [-0.1, -0.05) is 213 Å². The molecule has 0 spiro atoms. The van der Waals surface area contributed by atoms with E-state index < -0.39 is 6.17 Å². The molecule has 0 amide bonds. The molecule has 57 heavy (non-hydrogen) atoms. The van der Waals surface area contributed by atoms with Crippen LogP contribution in [0.4, 0.5) is 4.39 Å². The van der Waals surface area contributed by atoms with Crippen LogP contribution >= 0.6 is 0 Å². The smallest absolute Gasteiger partial charge is 0.100 e. The third kappa shape index (κ3) is 43.7. The molecule has 0 aromatic heterocycles. The summed E-state index contributed by atoms with van der Waals surface area (Å²) in [6.45, 7) is 61.0. The maximum absolute atomic E-state index is 12.3. The van der Waals surface area contributed by atoms with Crippen molar-refractivity contribution in [3.63, 3.8) is 0 Å². The minimum Gasteiger partial charge on any atom is -0.393 e. The van der Waals surface area contributed by atoms with Crippen LogP contribution in [0, 0.1) is 88.8 Å². The fourth-order valence-corrected chi connectivity index (χ4v) is 6.60. The summed E-state index contributed by atoms with van der Waals surface area (Å²) in [5.74, 6) is 10.8. The molecule has 7 atom stereocenters. The average molecular weight is 822 g/mol. The van der Waals surface area contributed by atoms with Crippen LogP contribution in [-0.4, -0.2) is 28.1 Å². The Bertz CT molecular complexity index is 699. The highest BCUT2D eigenvalue weighted by molar-refractivity contribution is 4.89. The lowest BCUT2D eigenvalue weighted by Crippen LogP contribution is -2.32. The molecular formula is C54H121FO2. The Balaban J connectivity index is -0.000000103. The molecule has 0 aromatic carbocycles. The van der Waals surface area contributed by atoms with Gasteiger partial charge in [-0.2, -0.15) is 0 Å². The van der Waals surface area contributed by atoms with E-state index in [1.54, 1.807) is 6.92 Å². The van der Waals surface area contributed by atoms with Gasteiger partial charge in [0.2, 0.25) is 0 Å². The van der Waals surface area contributed by atoms with E-state index in [0.717, 1.165) is 66.1 Å². The minimum atomic E-state index is -0.657. The molecule has 1 aliphatic rings. The van der Waals surface area contributed by atoms with Crippen LogP contribution < -0.4 is 0 Å². The van der Waals surface area contributed by atoms with E-state index in [2.05, 4.69) is 152 Å². The highest BCUT2D eigenvalue weighted by atomic mass is 19.1. The molecule has 0 aromatic rings. The first-order chi connectivity index (χ1) is 25.3. The van der Waals surface area contributed by atoms with Crippen molar-refractivity contribution < 1.29 is 14.6 Å². The predicted octanol–water partition coefficient (Wildman–Crippen LogP) is 18.5. The van der Waals surface area contributed by atoms with Crippen molar-refractivity contribution in [2.24, 2.45) is 88.8 Å². The highest BCUT2D eigenvalue weighted by Gasteiger charge is 2.38. The second kappa shape index (κ2) is 41.2. The number of alkyl halides is 1. The molecule has 1 saturated carbocycles. The van der Waals surface area contributed by atoms with E-state index in [4.69, 9.17) is 0 Å². The maximum atomic E-state index is 12.3. The fraction of sp³-hybridized carbons (Fsp3) is 1.00. The molecule has 1 rings (SSSR count). The molecule has 1 aliphatic carbocycles. The molecule has 2 nitrogen and oxygen atoms in total. The van der Waals surface area contributed by atoms with Crippen LogP contribution in [-0.2, 0) is 0 Å². The van der Waals surface area contributed by atoms with Crippen molar-refractivity contribution in [2.45, 2.75) is 264 Å². The van der Waals surface area contributed by atoms with Gasteiger partial charge in [0, 0.05) is 0 Å². The molecule has 3 heteroatoms. The van der Waals surface area contributed by atoms with Crippen molar-refractivity contribution in [1.29, 1.82) is 0 Å². The molecular weight excluding hydrogens is 700 g/mol. The Hall–Kier alpha value is -0.150. The van der Waals surface area contributed by atoms with E-state index >= 15 is 0 Å². The number of aliphatic hydroxyl groups excluding tert-OH is 1. The molecule has 0 radical (unpaired) electrons. The monoisotopic (exact) mass is 821 g/mol. The summed E-state index contributed by atoms with van der Waals surface area (Å²) in [5, 5.41) is 19.0. The predicted molar refractivity (Wildman–Crippen MR) is 266 cm³/mol. The lowest BCUT2D eigenvalue weighted by atomic mass is 9.84. The summed E-state index contributed by atoms with van der Waals surface area (Å²) in [6.07, 6.45) is 7.69. The zero-order chi connectivity index (χ0) is 46.3. The summed E-state index contributed by atoms with van der Waals surface area (Å²) < 4.78 is 12.3. The summed E-state index contributed by atoms with van der Waals surface area (Å²) in [7, 11) is 0. The summed E-state index contributed by atoms with van der Waals surface area (Å²) in [6, 6.07) is 0. The summed E-state index contributed by atoms with van der Waals surface area (Å²) >= 11 is 0.